The third kappa shape index (κ3) is 6.72. The molecule has 11 heteroatoms. The van der Waals surface area contributed by atoms with E-state index >= 15 is 0 Å². The van der Waals surface area contributed by atoms with Crippen LogP contribution in [0.4, 0.5) is 37.7 Å². The third-order valence-electron chi connectivity index (χ3n) is 5.80. The highest BCUT2D eigenvalue weighted by atomic mass is 19.4. The first-order valence-electron chi connectivity index (χ1n) is 11.2. The molecule has 5 nitrogen and oxygen atoms in total. The number of alkyl halides is 6. The lowest BCUT2D eigenvalue weighted by Gasteiger charge is -2.24. The van der Waals surface area contributed by atoms with E-state index in [4.69, 9.17) is 0 Å². The van der Waals surface area contributed by atoms with E-state index in [1.807, 2.05) is 13.8 Å². The van der Waals surface area contributed by atoms with Crippen molar-refractivity contribution in [3.05, 3.63) is 82.5 Å². The summed E-state index contributed by atoms with van der Waals surface area (Å²) in [4.78, 5) is 28.5. The van der Waals surface area contributed by atoms with Crippen molar-refractivity contribution in [1.29, 1.82) is 0 Å². The molecule has 0 saturated carbocycles. The number of nitrogens with zero attached hydrogens (tertiary/aromatic N) is 3. The monoisotopic (exact) mass is 523 g/mol. The van der Waals surface area contributed by atoms with Gasteiger partial charge in [0.05, 0.1) is 23.4 Å². The van der Waals surface area contributed by atoms with Crippen LogP contribution in [-0.2, 0) is 17.1 Å². The molecule has 0 aliphatic rings. The molecule has 3 aromatic rings. The number of hydrogen-bond acceptors (Lipinski definition) is 4. The summed E-state index contributed by atoms with van der Waals surface area (Å²) in [5.74, 6) is -1.81. The fourth-order valence-electron chi connectivity index (χ4n) is 3.86. The van der Waals surface area contributed by atoms with Crippen LogP contribution >= 0.6 is 0 Å². The molecule has 196 valence electrons. The van der Waals surface area contributed by atoms with Crippen LogP contribution in [0.3, 0.4) is 0 Å². The Balaban J connectivity index is 2.13. The molecule has 0 bridgehead atoms. The van der Waals surface area contributed by atoms with Gasteiger partial charge in [0.1, 0.15) is 5.69 Å². The van der Waals surface area contributed by atoms with E-state index in [0.29, 0.717) is 28.1 Å². The van der Waals surface area contributed by atoms with E-state index in [-0.39, 0.29) is 12.3 Å². The van der Waals surface area contributed by atoms with Gasteiger partial charge in [-0.05, 0) is 65.4 Å². The highest BCUT2D eigenvalue weighted by Crippen LogP contribution is 2.37. The maximum atomic E-state index is 13.0. The highest BCUT2D eigenvalue weighted by molar-refractivity contribution is 5.86. The fourth-order valence-corrected chi connectivity index (χ4v) is 3.86. The number of rotatable bonds is 7. The van der Waals surface area contributed by atoms with Gasteiger partial charge in [-0.15, -0.1) is 4.91 Å². The first-order valence-corrected chi connectivity index (χ1v) is 11.2. The van der Waals surface area contributed by atoms with Gasteiger partial charge in [0.2, 0.25) is 0 Å². The molecular weight excluding hydrogens is 500 g/mol. The molecule has 0 spiro atoms. The number of carbonyl (C=O) groups is 1. The summed E-state index contributed by atoms with van der Waals surface area (Å²) in [6.45, 7) is 3.71. The summed E-state index contributed by atoms with van der Waals surface area (Å²) in [7, 11) is 1.57. The van der Waals surface area contributed by atoms with Crippen molar-refractivity contribution in [2.24, 2.45) is 11.1 Å². The minimum Gasteiger partial charge on any atom is -0.343 e. The number of pyridine rings is 1. The van der Waals surface area contributed by atoms with Gasteiger partial charge in [0, 0.05) is 17.9 Å². The van der Waals surface area contributed by atoms with Gasteiger partial charge in [-0.2, -0.15) is 26.3 Å². The number of halogens is 6. The summed E-state index contributed by atoms with van der Waals surface area (Å²) >= 11 is 0. The van der Waals surface area contributed by atoms with Gasteiger partial charge >= 0.3 is 12.4 Å². The average molecular weight is 523 g/mol. The van der Waals surface area contributed by atoms with Gasteiger partial charge in [-0.25, -0.2) is 4.98 Å². The van der Waals surface area contributed by atoms with E-state index in [2.05, 4.69) is 10.2 Å². The predicted molar refractivity (Wildman–Crippen MR) is 127 cm³/mol. The minimum atomic E-state index is -4.61. The summed E-state index contributed by atoms with van der Waals surface area (Å²) in [5.41, 5.74) is 0.0648. The number of nitroso groups, excluding NO2 is 1. The van der Waals surface area contributed by atoms with Crippen molar-refractivity contribution < 1.29 is 31.1 Å². The van der Waals surface area contributed by atoms with Crippen molar-refractivity contribution in [3.8, 4) is 11.1 Å². The minimum absolute atomic E-state index is 0.00529. The Kier molecular flexibility index (Phi) is 8.04. The first-order chi connectivity index (χ1) is 17.2. The molecule has 37 heavy (non-hydrogen) atoms. The largest absolute Gasteiger partial charge is 0.433 e. The van der Waals surface area contributed by atoms with Crippen LogP contribution in [-0.4, -0.2) is 17.9 Å². The lowest BCUT2D eigenvalue weighted by Crippen LogP contribution is -2.15. The Morgan fingerprint density at radius 2 is 1.54 bits per heavy atom. The second-order valence-electron chi connectivity index (χ2n) is 8.96. The zero-order valence-corrected chi connectivity index (χ0v) is 20.1. The average Bonchev–Trinajstić information content (AvgIpc) is 2.85. The highest BCUT2D eigenvalue weighted by Gasteiger charge is 2.32. The Labute approximate surface area is 209 Å². The number of benzene rings is 2. The number of amides is 1. The Morgan fingerprint density at radius 3 is 2.03 bits per heavy atom. The second-order valence-corrected chi connectivity index (χ2v) is 8.96. The number of aromatic nitrogens is 1. The van der Waals surface area contributed by atoms with Gasteiger partial charge in [-0.3, -0.25) is 4.79 Å². The summed E-state index contributed by atoms with van der Waals surface area (Å²) in [5, 5.41) is 2.58. The van der Waals surface area contributed by atoms with Crippen molar-refractivity contribution in [1.82, 2.24) is 4.98 Å². The Hall–Kier alpha value is -3.76. The van der Waals surface area contributed by atoms with Gasteiger partial charge in [0.25, 0.3) is 5.91 Å². The number of carbonyl (C=O) groups excluding carboxylic acids is 1. The smallest absolute Gasteiger partial charge is 0.343 e. The van der Waals surface area contributed by atoms with E-state index in [0.717, 1.165) is 24.4 Å². The van der Waals surface area contributed by atoms with Crippen LogP contribution in [0.1, 0.15) is 43.0 Å². The Morgan fingerprint density at radius 1 is 0.892 bits per heavy atom. The number of anilines is 2. The summed E-state index contributed by atoms with van der Waals surface area (Å²) < 4.78 is 77.9. The SMILES string of the molecule is CC(C)CC(C(=O)N=O)c1cc(-c2ccc(C(F)(F)F)cc2)cc(N(C)c2ccc(C(F)(F)F)nc2)c1. The van der Waals surface area contributed by atoms with Crippen molar-refractivity contribution >= 4 is 17.3 Å². The molecule has 0 aliphatic heterocycles. The lowest BCUT2D eigenvalue weighted by molar-refractivity contribution is -0.141. The van der Waals surface area contributed by atoms with Crippen LogP contribution in [0.15, 0.2) is 66.0 Å². The van der Waals surface area contributed by atoms with Crippen molar-refractivity contribution in [2.45, 2.75) is 38.5 Å². The lowest BCUT2D eigenvalue weighted by atomic mass is 9.87. The molecule has 1 heterocycles. The maximum absolute atomic E-state index is 13.0. The molecule has 0 aliphatic carbocycles. The molecular formula is C26H23F6N3O2. The Bertz CT molecular complexity index is 1250. The van der Waals surface area contributed by atoms with Crippen LogP contribution < -0.4 is 4.90 Å². The molecule has 0 N–H and O–H groups in total. The molecule has 1 unspecified atom stereocenters. The molecule has 0 fully saturated rings. The van der Waals surface area contributed by atoms with E-state index in [1.165, 1.54) is 23.1 Å². The van der Waals surface area contributed by atoms with Gasteiger partial charge < -0.3 is 4.90 Å². The zero-order valence-electron chi connectivity index (χ0n) is 20.1. The predicted octanol–water partition coefficient (Wildman–Crippen LogP) is 7.98. The van der Waals surface area contributed by atoms with Crippen LogP contribution in [0.2, 0.25) is 0 Å². The first kappa shape index (κ1) is 27.8. The molecule has 0 radical (unpaired) electrons. The van der Waals surface area contributed by atoms with Crippen LogP contribution in [0.25, 0.3) is 11.1 Å². The van der Waals surface area contributed by atoms with Gasteiger partial charge in [0.15, 0.2) is 0 Å². The van der Waals surface area contributed by atoms with Crippen molar-refractivity contribution in [3.63, 3.8) is 0 Å². The topological polar surface area (TPSA) is 62.6 Å². The summed E-state index contributed by atoms with van der Waals surface area (Å²) in [6, 6.07) is 11.3. The van der Waals surface area contributed by atoms with Crippen molar-refractivity contribution in [2.75, 3.05) is 11.9 Å². The standard InChI is InChI=1S/C26H23F6N3O2/c1-15(2)10-22(24(36)34-37)18-11-17(16-4-6-19(7-5-16)25(27,28)29)12-21(13-18)35(3)20-8-9-23(33-14-20)26(30,31)32/h4-9,11-15,22H,10H2,1-3H3. The normalized spacial score (nSPS) is 12.9. The fraction of sp³-hybridized carbons (Fsp3) is 0.308. The summed E-state index contributed by atoms with van der Waals surface area (Å²) in [6.07, 6.45) is -7.81. The molecule has 0 saturated heterocycles. The van der Waals surface area contributed by atoms with E-state index in [1.54, 1.807) is 25.2 Å². The van der Waals surface area contributed by atoms with Gasteiger partial charge in [-0.1, -0.05) is 32.0 Å². The zero-order chi connectivity index (χ0) is 27.5. The quantitative estimate of drug-likeness (QED) is 0.233. The number of hydrogen-bond donors (Lipinski definition) is 0. The molecule has 2 aromatic carbocycles. The molecule has 1 aromatic heterocycles. The van der Waals surface area contributed by atoms with Crippen LogP contribution in [0.5, 0.6) is 0 Å². The van der Waals surface area contributed by atoms with E-state index in [9.17, 15) is 36.0 Å². The van der Waals surface area contributed by atoms with E-state index < -0.39 is 35.4 Å². The molecule has 1 atom stereocenters. The maximum Gasteiger partial charge on any atom is 0.433 e. The molecule has 3 rings (SSSR count). The second kappa shape index (κ2) is 10.7. The molecule has 1 amide bonds. The van der Waals surface area contributed by atoms with Crippen LogP contribution in [0, 0.1) is 10.8 Å². The third-order valence-corrected chi connectivity index (χ3v) is 5.80.